The van der Waals surface area contributed by atoms with Gasteiger partial charge in [0.1, 0.15) is 5.60 Å². The Kier molecular flexibility index (Phi) is 5.46. The van der Waals surface area contributed by atoms with Crippen molar-refractivity contribution < 1.29 is 19.8 Å². The summed E-state index contributed by atoms with van der Waals surface area (Å²) in [5, 5.41) is 24.4. The van der Waals surface area contributed by atoms with Gasteiger partial charge in [0.2, 0.25) is 0 Å². The lowest BCUT2D eigenvalue weighted by Gasteiger charge is -2.59. The zero-order valence-electron chi connectivity index (χ0n) is 21.0. The quantitative estimate of drug-likeness (QED) is 0.529. The van der Waals surface area contributed by atoms with Crippen LogP contribution < -0.4 is 0 Å². The number of nitrogens with one attached hydrogen (secondary N) is 1. The van der Waals surface area contributed by atoms with Crippen LogP contribution in [0.5, 0.6) is 0 Å². The molecule has 4 aliphatic rings. The van der Waals surface area contributed by atoms with Crippen molar-refractivity contribution in [1.82, 2.24) is 9.97 Å². The largest absolute Gasteiger partial charge is 0.393 e. The van der Waals surface area contributed by atoms with Gasteiger partial charge in [0, 0.05) is 16.7 Å². The molecule has 8 atom stereocenters. The number of ketones is 2. The number of hydrogen-bond donors (Lipinski definition) is 3. The van der Waals surface area contributed by atoms with E-state index in [4.69, 9.17) is 0 Å². The van der Waals surface area contributed by atoms with Gasteiger partial charge < -0.3 is 15.2 Å². The monoisotopic (exact) mass is 506 g/mol. The highest BCUT2D eigenvalue weighted by atomic mass is 32.2. The van der Waals surface area contributed by atoms with Gasteiger partial charge in [-0.25, -0.2) is 4.98 Å². The van der Waals surface area contributed by atoms with Gasteiger partial charge in [-0.3, -0.25) is 9.59 Å². The van der Waals surface area contributed by atoms with Crippen molar-refractivity contribution in [2.24, 2.45) is 34.5 Å². The predicted octanol–water partition coefficient (Wildman–Crippen LogP) is 4.48. The van der Waals surface area contributed by atoms with Crippen molar-refractivity contribution in [3.8, 4) is 0 Å². The standard InChI is InChI=1S/C29H34N2O4S/c1-16-12-20-19-9-8-17-13-18(32)10-11-27(17,2)25(19)23(33)14-28(20,3)29(16,35)24(34)15-36-26-30-21-6-4-5-7-22(21)31-26/h4-7,10-11,13,16,19-20,23,25,33,35H,8-9,12,14-15H2,1-3H3,(H,30,31)/t16-,19?,20?,23?,25?,27?,28?,29+/m1/s1. The number of nitrogens with zero attached hydrogens (tertiary/aromatic N) is 1. The first-order valence-corrected chi connectivity index (χ1v) is 14.0. The normalized spacial score (nSPS) is 41.5. The molecule has 3 saturated carbocycles. The molecule has 190 valence electrons. The molecule has 3 fully saturated rings. The van der Waals surface area contributed by atoms with Gasteiger partial charge in [0.05, 0.1) is 22.9 Å². The summed E-state index contributed by atoms with van der Waals surface area (Å²) in [5.41, 5.74) is 0.321. The molecule has 1 aromatic carbocycles. The van der Waals surface area contributed by atoms with Crippen LogP contribution in [0.1, 0.15) is 46.5 Å². The lowest BCUT2D eigenvalue weighted by Crippen LogP contribution is -2.62. The second-order valence-corrected chi connectivity index (χ2v) is 12.8. The van der Waals surface area contributed by atoms with Crippen LogP contribution in [0, 0.1) is 34.5 Å². The van der Waals surface area contributed by atoms with Gasteiger partial charge in [0.25, 0.3) is 0 Å². The lowest BCUT2D eigenvalue weighted by molar-refractivity contribution is -0.179. The van der Waals surface area contributed by atoms with Crippen molar-refractivity contribution in [2.45, 2.75) is 63.3 Å². The fourth-order valence-corrected chi connectivity index (χ4v) is 9.33. The maximum Gasteiger partial charge on any atom is 0.178 e. The van der Waals surface area contributed by atoms with Crippen molar-refractivity contribution in [3.05, 3.63) is 48.1 Å². The number of thioether (sulfide) groups is 1. The van der Waals surface area contributed by atoms with Crippen LogP contribution in [0.4, 0.5) is 0 Å². The molecular weight excluding hydrogens is 472 g/mol. The second-order valence-electron chi connectivity index (χ2n) is 11.9. The van der Waals surface area contributed by atoms with E-state index in [1.54, 1.807) is 12.2 Å². The maximum atomic E-state index is 13.8. The van der Waals surface area contributed by atoms with E-state index in [0.29, 0.717) is 11.6 Å². The first kappa shape index (κ1) is 24.1. The molecule has 6 rings (SSSR count). The van der Waals surface area contributed by atoms with E-state index in [1.807, 2.05) is 44.2 Å². The van der Waals surface area contributed by atoms with E-state index >= 15 is 0 Å². The Morgan fingerprint density at radius 3 is 2.83 bits per heavy atom. The van der Waals surface area contributed by atoms with Crippen LogP contribution >= 0.6 is 11.8 Å². The Labute approximate surface area is 215 Å². The van der Waals surface area contributed by atoms with E-state index < -0.39 is 17.1 Å². The molecule has 1 heterocycles. The van der Waals surface area contributed by atoms with Crippen LogP contribution in [0.25, 0.3) is 11.0 Å². The van der Waals surface area contributed by atoms with Gasteiger partial charge in [-0.1, -0.05) is 56.3 Å². The number of carbonyl (C=O) groups is 2. The molecule has 0 spiro atoms. The Morgan fingerprint density at radius 2 is 2.06 bits per heavy atom. The number of rotatable bonds is 4. The first-order chi connectivity index (χ1) is 17.1. The van der Waals surface area contributed by atoms with E-state index in [1.165, 1.54) is 11.8 Å². The summed E-state index contributed by atoms with van der Waals surface area (Å²) < 4.78 is 0. The lowest BCUT2D eigenvalue weighted by atomic mass is 9.46. The van der Waals surface area contributed by atoms with Gasteiger partial charge in [-0.15, -0.1) is 0 Å². The minimum Gasteiger partial charge on any atom is -0.393 e. The van der Waals surface area contributed by atoms with Crippen LogP contribution in [-0.2, 0) is 9.59 Å². The van der Waals surface area contributed by atoms with Gasteiger partial charge >= 0.3 is 0 Å². The molecule has 0 radical (unpaired) electrons. The fraction of sp³-hybridized carbons (Fsp3) is 0.552. The zero-order valence-corrected chi connectivity index (χ0v) is 21.8. The molecule has 6 nitrogen and oxygen atoms in total. The minimum atomic E-state index is -1.50. The number of aliphatic hydroxyl groups excluding tert-OH is 1. The molecule has 6 unspecified atom stereocenters. The zero-order chi connectivity index (χ0) is 25.5. The highest BCUT2D eigenvalue weighted by Crippen LogP contribution is 2.68. The Morgan fingerprint density at radius 1 is 1.28 bits per heavy atom. The van der Waals surface area contributed by atoms with Gasteiger partial charge in [-0.05, 0) is 67.7 Å². The number of Topliss-reactive ketones (excluding diaryl/α,β-unsaturated/α-hetero) is 1. The van der Waals surface area contributed by atoms with Crippen molar-refractivity contribution in [3.63, 3.8) is 0 Å². The number of allylic oxidation sites excluding steroid dienone is 4. The molecule has 0 amide bonds. The molecule has 0 bridgehead atoms. The fourth-order valence-electron chi connectivity index (χ4n) is 8.49. The third-order valence-electron chi connectivity index (χ3n) is 10.2. The van der Waals surface area contributed by atoms with Crippen LogP contribution in [0.15, 0.2) is 53.2 Å². The molecule has 1 aromatic heterocycles. The third kappa shape index (κ3) is 3.21. The highest BCUT2D eigenvalue weighted by Gasteiger charge is 2.70. The highest BCUT2D eigenvalue weighted by molar-refractivity contribution is 7.99. The molecule has 2 aromatic rings. The smallest absolute Gasteiger partial charge is 0.178 e. The Hall–Kier alpha value is -2.22. The predicted molar refractivity (Wildman–Crippen MR) is 139 cm³/mol. The number of aromatic nitrogens is 2. The number of aliphatic hydroxyl groups is 2. The van der Waals surface area contributed by atoms with Crippen molar-refractivity contribution in [2.75, 3.05) is 5.75 Å². The molecular formula is C29H34N2O4S. The van der Waals surface area contributed by atoms with E-state index in [0.717, 1.165) is 35.9 Å². The van der Waals surface area contributed by atoms with Crippen LogP contribution in [0.3, 0.4) is 0 Å². The molecule has 36 heavy (non-hydrogen) atoms. The SMILES string of the molecule is C[C@@H]1CC2C3CCC4=CC(=O)C=CC4(C)C3C(O)CC2(C)[C@@]1(O)C(=O)CSc1nc2ccccc2[nH]1. The number of carbonyl (C=O) groups excluding carboxylic acids is 2. The van der Waals surface area contributed by atoms with Gasteiger partial charge in [-0.2, -0.15) is 0 Å². The van der Waals surface area contributed by atoms with E-state index in [9.17, 15) is 19.8 Å². The van der Waals surface area contributed by atoms with E-state index in [2.05, 4.69) is 16.9 Å². The molecule has 4 aliphatic carbocycles. The van der Waals surface area contributed by atoms with Crippen molar-refractivity contribution >= 4 is 34.4 Å². The summed E-state index contributed by atoms with van der Waals surface area (Å²) in [6, 6.07) is 7.75. The summed E-state index contributed by atoms with van der Waals surface area (Å²) in [6.45, 7) is 6.16. The third-order valence-corrected chi connectivity index (χ3v) is 11.1. The molecule has 3 N–H and O–H groups in total. The topological polar surface area (TPSA) is 103 Å². The molecule has 0 aliphatic heterocycles. The summed E-state index contributed by atoms with van der Waals surface area (Å²) in [5.74, 6) is 0.0728. The first-order valence-electron chi connectivity index (χ1n) is 13.0. The second kappa shape index (κ2) is 8.14. The summed E-state index contributed by atoms with van der Waals surface area (Å²) in [7, 11) is 0. The average Bonchev–Trinajstić information content (AvgIpc) is 3.35. The summed E-state index contributed by atoms with van der Waals surface area (Å²) in [4.78, 5) is 33.6. The maximum absolute atomic E-state index is 13.8. The van der Waals surface area contributed by atoms with Crippen molar-refractivity contribution in [1.29, 1.82) is 0 Å². The molecule has 7 heteroatoms. The summed E-state index contributed by atoms with van der Waals surface area (Å²) >= 11 is 1.33. The number of para-hydroxylation sites is 2. The number of aromatic amines is 1. The number of hydrogen-bond acceptors (Lipinski definition) is 6. The van der Waals surface area contributed by atoms with E-state index in [-0.39, 0.29) is 46.4 Å². The van der Waals surface area contributed by atoms with Crippen LogP contribution in [-0.4, -0.2) is 49.2 Å². The number of fused-ring (bicyclic) bond motifs is 6. The molecule has 0 saturated heterocycles. The Bertz CT molecular complexity index is 1280. The Balaban J connectivity index is 1.28. The number of H-pyrrole nitrogens is 1. The number of benzene rings is 1. The number of imidazole rings is 1. The van der Waals surface area contributed by atoms with Gasteiger partial charge in [0.15, 0.2) is 16.7 Å². The summed E-state index contributed by atoms with van der Waals surface area (Å²) in [6.07, 6.45) is 7.56. The van der Waals surface area contributed by atoms with Crippen LogP contribution in [0.2, 0.25) is 0 Å². The minimum absolute atomic E-state index is 0.0190. The average molecular weight is 507 g/mol.